The van der Waals surface area contributed by atoms with E-state index in [1.807, 2.05) is 6.08 Å². The SMILES string of the molecule is C=CC=CCCCCCC(=O)CCCC. The van der Waals surface area contributed by atoms with Gasteiger partial charge in [0.15, 0.2) is 0 Å². The first kappa shape index (κ1) is 14.2. The molecule has 0 fully saturated rings. The van der Waals surface area contributed by atoms with Gasteiger partial charge in [-0.2, -0.15) is 0 Å². The molecular weight excluding hydrogens is 184 g/mol. The highest BCUT2D eigenvalue weighted by molar-refractivity contribution is 5.78. The van der Waals surface area contributed by atoms with Crippen LogP contribution in [0.2, 0.25) is 0 Å². The van der Waals surface area contributed by atoms with Crippen molar-refractivity contribution in [3.05, 3.63) is 24.8 Å². The summed E-state index contributed by atoms with van der Waals surface area (Å²) in [6, 6.07) is 0. The molecule has 0 saturated heterocycles. The van der Waals surface area contributed by atoms with E-state index in [1.54, 1.807) is 6.08 Å². The lowest BCUT2D eigenvalue weighted by molar-refractivity contribution is -0.119. The summed E-state index contributed by atoms with van der Waals surface area (Å²) in [5, 5.41) is 0. The van der Waals surface area contributed by atoms with Crippen LogP contribution < -0.4 is 0 Å². The number of allylic oxidation sites excluding steroid dienone is 3. The van der Waals surface area contributed by atoms with Crippen molar-refractivity contribution >= 4 is 5.78 Å². The Labute approximate surface area is 94.3 Å². The second-order valence-electron chi connectivity index (χ2n) is 3.91. The second kappa shape index (κ2) is 11.2. The van der Waals surface area contributed by atoms with Gasteiger partial charge in [0.1, 0.15) is 5.78 Å². The van der Waals surface area contributed by atoms with Gasteiger partial charge in [-0.15, -0.1) is 0 Å². The van der Waals surface area contributed by atoms with E-state index in [1.165, 1.54) is 12.8 Å². The molecule has 15 heavy (non-hydrogen) atoms. The summed E-state index contributed by atoms with van der Waals surface area (Å²) in [6.45, 7) is 5.74. The van der Waals surface area contributed by atoms with Gasteiger partial charge >= 0.3 is 0 Å². The summed E-state index contributed by atoms with van der Waals surface area (Å²) in [4.78, 5) is 11.3. The van der Waals surface area contributed by atoms with Crippen LogP contribution in [0.5, 0.6) is 0 Å². The monoisotopic (exact) mass is 208 g/mol. The first-order valence-electron chi connectivity index (χ1n) is 6.10. The lowest BCUT2D eigenvalue weighted by atomic mass is 10.1. The molecule has 0 aliphatic heterocycles. The number of unbranched alkanes of at least 4 members (excludes halogenated alkanes) is 4. The van der Waals surface area contributed by atoms with Crippen LogP contribution in [0.25, 0.3) is 0 Å². The van der Waals surface area contributed by atoms with Crippen LogP contribution in [-0.2, 0) is 4.79 Å². The Morgan fingerprint density at radius 2 is 1.87 bits per heavy atom. The van der Waals surface area contributed by atoms with Crippen molar-refractivity contribution < 1.29 is 4.79 Å². The Morgan fingerprint density at radius 3 is 2.53 bits per heavy atom. The van der Waals surface area contributed by atoms with Crippen molar-refractivity contribution in [1.29, 1.82) is 0 Å². The minimum absolute atomic E-state index is 0.443. The smallest absolute Gasteiger partial charge is 0.132 e. The zero-order valence-corrected chi connectivity index (χ0v) is 10.0. The van der Waals surface area contributed by atoms with Crippen molar-refractivity contribution in [3.63, 3.8) is 0 Å². The maximum atomic E-state index is 11.3. The molecule has 0 N–H and O–H groups in total. The first-order valence-corrected chi connectivity index (χ1v) is 6.10. The van der Waals surface area contributed by atoms with E-state index in [-0.39, 0.29) is 0 Å². The topological polar surface area (TPSA) is 17.1 Å². The van der Waals surface area contributed by atoms with Crippen molar-refractivity contribution in [3.8, 4) is 0 Å². The highest BCUT2D eigenvalue weighted by atomic mass is 16.1. The van der Waals surface area contributed by atoms with Crippen LogP contribution in [-0.4, -0.2) is 5.78 Å². The van der Waals surface area contributed by atoms with Crippen LogP contribution in [0.1, 0.15) is 58.3 Å². The fourth-order valence-electron chi connectivity index (χ4n) is 1.45. The molecule has 0 aromatic carbocycles. The van der Waals surface area contributed by atoms with Gasteiger partial charge in [0.2, 0.25) is 0 Å². The standard InChI is InChI=1S/C14H24O/c1-3-5-7-8-9-10-11-13-14(15)12-6-4-2/h3,5,7H,1,4,6,8-13H2,2H3. The van der Waals surface area contributed by atoms with Gasteiger partial charge in [0, 0.05) is 12.8 Å². The fourth-order valence-corrected chi connectivity index (χ4v) is 1.45. The molecule has 0 aromatic heterocycles. The van der Waals surface area contributed by atoms with Gasteiger partial charge < -0.3 is 0 Å². The third-order valence-electron chi connectivity index (χ3n) is 2.41. The fraction of sp³-hybridized carbons (Fsp3) is 0.643. The van der Waals surface area contributed by atoms with Crippen molar-refractivity contribution in [2.75, 3.05) is 0 Å². The van der Waals surface area contributed by atoms with E-state index in [0.717, 1.165) is 38.5 Å². The van der Waals surface area contributed by atoms with E-state index >= 15 is 0 Å². The van der Waals surface area contributed by atoms with E-state index in [0.29, 0.717) is 5.78 Å². The van der Waals surface area contributed by atoms with E-state index in [4.69, 9.17) is 0 Å². The maximum absolute atomic E-state index is 11.3. The molecule has 1 nitrogen and oxygen atoms in total. The number of carbonyl (C=O) groups is 1. The molecule has 0 radical (unpaired) electrons. The number of rotatable bonds is 10. The molecule has 0 heterocycles. The number of hydrogen-bond acceptors (Lipinski definition) is 1. The van der Waals surface area contributed by atoms with E-state index in [9.17, 15) is 4.79 Å². The molecule has 0 atom stereocenters. The van der Waals surface area contributed by atoms with Gasteiger partial charge in [-0.3, -0.25) is 4.79 Å². The Bertz CT molecular complexity index is 192. The largest absolute Gasteiger partial charge is 0.300 e. The van der Waals surface area contributed by atoms with Gasteiger partial charge in [-0.05, 0) is 25.7 Å². The lowest BCUT2D eigenvalue weighted by Crippen LogP contribution is -1.96. The summed E-state index contributed by atoms with van der Waals surface area (Å²) in [6.07, 6.45) is 14.2. The summed E-state index contributed by atoms with van der Waals surface area (Å²) in [5.41, 5.74) is 0. The number of Topliss-reactive ketones (excluding diaryl/α,β-unsaturated/α-hetero) is 1. The van der Waals surface area contributed by atoms with Gasteiger partial charge in [0.25, 0.3) is 0 Å². The molecule has 0 unspecified atom stereocenters. The number of hydrogen-bond donors (Lipinski definition) is 0. The normalized spacial score (nSPS) is 10.7. The summed E-state index contributed by atoms with van der Waals surface area (Å²) >= 11 is 0. The summed E-state index contributed by atoms with van der Waals surface area (Å²) in [5.74, 6) is 0.443. The summed E-state index contributed by atoms with van der Waals surface area (Å²) < 4.78 is 0. The van der Waals surface area contributed by atoms with Crippen LogP contribution in [0.15, 0.2) is 24.8 Å². The minimum Gasteiger partial charge on any atom is -0.300 e. The number of carbonyl (C=O) groups excluding carboxylic acids is 1. The Morgan fingerprint density at radius 1 is 1.13 bits per heavy atom. The Kier molecular flexibility index (Phi) is 10.6. The molecule has 0 bridgehead atoms. The predicted molar refractivity (Wildman–Crippen MR) is 67.0 cm³/mol. The van der Waals surface area contributed by atoms with Crippen molar-refractivity contribution in [1.82, 2.24) is 0 Å². The molecular formula is C14H24O. The molecule has 1 heteroatoms. The van der Waals surface area contributed by atoms with Gasteiger partial charge in [0.05, 0.1) is 0 Å². The average Bonchev–Trinajstić information content (AvgIpc) is 2.25. The molecule has 0 aliphatic rings. The maximum Gasteiger partial charge on any atom is 0.132 e. The molecule has 0 rings (SSSR count). The van der Waals surface area contributed by atoms with E-state index in [2.05, 4.69) is 19.6 Å². The highest BCUT2D eigenvalue weighted by Crippen LogP contribution is 2.07. The zero-order chi connectivity index (χ0) is 11.4. The Balaban J connectivity index is 3.19. The zero-order valence-electron chi connectivity index (χ0n) is 10.0. The van der Waals surface area contributed by atoms with Crippen LogP contribution in [0, 0.1) is 0 Å². The molecule has 86 valence electrons. The number of ketones is 1. The summed E-state index contributed by atoms with van der Waals surface area (Å²) in [7, 11) is 0. The Hall–Kier alpha value is -0.850. The third-order valence-corrected chi connectivity index (χ3v) is 2.41. The molecule has 0 amide bonds. The average molecular weight is 208 g/mol. The third kappa shape index (κ3) is 11.1. The minimum atomic E-state index is 0.443. The van der Waals surface area contributed by atoms with Crippen molar-refractivity contribution in [2.24, 2.45) is 0 Å². The van der Waals surface area contributed by atoms with Crippen molar-refractivity contribution in [2.45, 2.75) is 58.3 Å². The molecule has 0 saturated carbocycles. The highest BCUT2D eigenvalue weighted by Gasteiger charge is 1.99. The quantitative estimate of drug-likeness (QED) is 0.383. The van der Waals surface area contributed by atoms with E-state index < -0.39 is 0 Å². The van der Waals surface area contributed by atoms with Gasteiger partial charge in [-0.1, -0.05) is 44.6 Å². The molecule has 0 spiro atoms. The van der Waals surface area contributed by atoms with Gasteiger partial charge in [-0.25, -0.2) is 0 Å². The molecule has 0 aromatic rings. The lowest BCUT2D eigenvalue weighted by Gasteiger charge is -1.99. The molecule has 0 aliphatic carbocycles. The second-order valence-corrected chi connectivity index (χ2v) is 3.91. The van der Waals surface area contributed by atoms with Crippen LogP contribution in [0.3, 0.4) is 0 Å². The van der Waals surface area contributed by atoms with Crippen LogP contribution >= 0.6 is 0 Å². The first-order chi connectivity index (χ1) is 7.31. The predicted octanol–water partition coefficient (Wildman–Crippen LogP) is 4.44. The van der Waals surface area contributed by atoms with Crippen LogP contribution in [0.4, 0.5) is 0 Å².